The molecule has 1 aromatic carbocycles. The van der Waals surface area contributed by atoms with Crippen molar-refractivity contribution in [2.24, 2.45) is 0 Å². The second-order valence-corrected chi connectivity index (χ2v) is 3.49. The average Bonchev–Trinajstić information content (AvgIpc) is 2.17. The zero-order valence-corrected chi connectivity index (χ0v) is 9.43. The number of rotatable bonds is 3. The Labute approximate surface area is 98.5 Å². The number of hydrogen-bond acceptors (Lipinski definition) is 2. The van der Waals surface area contributed by atoms with E-state index in [4.69, 9.17) is 11.2 Å². The summed E-state index contributed by atoms with van der Waals surface area (Å²) in [7, 11) is 0. The molecule has 0 spiro atoms. The molecular formula is C10H6BrF3O2. The monoisotopic (exact) mass is 294 g/mol. The Hall–Kier alpha value is -1.35. The van der Waals surface area contributed by atoms with Gasteiger partial charge in [-0.25, -0.2) is 0 Å². The first-order valence-corrected chi connectivity index (χ1v) is 4.83. The van der Waals surface area contributed by atoms with Crippen LogP contribution in [0, 0.1) is 12.3 Å². The van der Waals surface area contributed by atoms with Gasteiger partial charge in [-0.15, -0.1) is 19.6 Å². The Morgan fingerprint density at radius 2 is 2.06 bits per heavy atom. The number of alkyl halides is 3. The molecule has 0 atom stereocenters. The van der Waals surface area contributed by atoms with Crippen LogP contribution in [-0.2, 0) is 0 Å². The van der Waals surface area contributed by atoms with Crippen LogP contribution in [0.25, 0.3) is 0 Å². The summed E-state index contributed by atoms with van der Waals surface area (Å²) in [4.78, 5) is 0. The minimum Gasteiger partial charge on any atom is -0.481 e. The second kappa shape index (κ2) is 5.12. The molecule has 1 rings (SSSR count). The van der Waals surface area contributed by atoms with Gasteiger partial charge >= 0.3 is 6.36 Å². The van der Waals surface area contributed by atoms with Crippen LogP contribution in [0.2, 0.25) is 0 Å². The van der Waals surface area contributed by atoms with Crippen molar-refractivity contribution in [2.75, 3.05) is 6.61 Å². The minimum absolute atomic E-state index is 0.0475. The number of terminal acetylenes is 1. The lowest BCUT2D eigenvalue weighted by Gasteiger charge is -2.11. The van der Waals surface area contributed by atoms with Crippen LogP contribution in [0.15, 0.2) is 22.7 Å². The first-order valence-electron chi connectivity index (χ1n) is 4.04. The highest BCUT2D eigenvalue weighted by atomic mass is 79.9. The lowest BCUT2D eigenvalue weighted by atomic mass is 10.3. The topological polar surface area (TPSA) is 18.5 Å². The van der Waals surface area contributed by atoms with E-state index in [2.05, 4.69) is 26.6 Å². The van der Waals surface area contributed by atoms with E-state index in [-0.39, 0.29) is 16.8 Å². The van der Waals surface area contributed by atoms with Gasteiger partial charge in [0.1, 0.15) is 18.1 Å². The number of halogens is 4. The maximum Gasteiger partial charge on any atom is 0.573 e. The van der Waals surface area contributed by atoms with E-state index in [0.717, 1.165) is 6.07 Å². The third-order valence-electron chi connectivity index (χ3n) is 1.45. The Bertz CT molecular complexity index is 410. The van der Waals surface area contributed by atoms with Gasteiger partial charge in [0.15, 0.2) is 0 Å². The predicted molar refractivity (Wildman–Crippen MR) is 55.2 cm³/mol. The molecule has 0 saturated heterocycles. The summed E-state index contributed by atoms with van der Waals surface area (Å²) >= 11 is 2.94. The fraction of sp³-hybridized carbons (Fsp3) is 0.200. The van der Waals surface area contributed by atoms with Crippen LogP contribution in [-0.4, -0.2) is 13.0 Å². The molecule has 2 nitrogen and oxygen atoms in total. The van der Waals surface area contributed by atoms with Crippen molar-refractivity contribution >= 4 is 15.9 Å². The van der Waals surface area contributed by atoms with E-state index in [1.165, 1.54) is 12.1 Å². The van der Waals surface area contributed by atoms with E-state index >= 15 is 0 Å². The molecule has 1 aromatic rings. The standard InChI is InChI=1S/C10H6BrF3O2/c1-2-5-15-7-3-4-9(8(11)6-7)16-10(12,13)14/h1,3-4,6H,5H2. The zero-order valence-electron chi connectivity index (χ0n) is 7.84. The fourth-order valence-corrected chi connectivity index (χ4v) is 1.34. The van der Waals surface area contributed by atoms with Crippen molar-refractivity contribution in [1.82, 2.24) is 0 Å². The van der Waals surface area contributed by atoms with Crippen molar-refractivity contribution in [1.29, 1.82) is 0 Å². The molecule has 0 aromatic heterocycles. The van der Waals surface area contributed by atoms with Crippen molar-refractivity contribution < 1.29 is 22.6 Å². The quantitative estimate of drug-likeness (QED) is 0.796. The average molecular weight is 295 g/mol. The summed E-state index contributed by atoms with van der Waals surface area (Å²) in [5, 5.41) is 0. The van der Waals surface area contributed by atoms with Crippen molar-refractivity contribution in [3.05, 3.63) is 22.7 Å². The van der Waals surface area contributed by atoms with E-state index < -0.39 is 6.36 Å². The molecular weight excluding hydrogens is 289 g/mol. The van der Waals surface area contributed by atoms with Gasteiger partial charge in [-0.1, -0.05) is 5.92 Å². The maximum atomic E-state index is 11.9. The molecule has 0 saturated carbocycles. The summed E-state index contributed by atoms with van der Waals surface area (Å²) in [5.41, 5.74) is 0. The van der Waals surface area contributed by atoms with Crippen LogP contribution in [0.5, 0.6) is 11.5 Å². The smallest absolute Gasteiger partial charge is 0.481 e. The lowest BCUT2D eigenvalue weighted by Crippen LogP contribution is -2.17. The van der Waals surface area contributed by atoms with Crippen LogP contribution in [0.4, 0.5) is 13.2 Å². The summed E-state index contributed by atoms with van der Waals surface area (Å²) in [6, 6.07) is 3.82. The van der Waals surface area contributed by atoms with Crippen molar-refractivity contribution in [2.45, 2.75) is 6.36 Å². The van der Waals surface area contributed by atoms with Crippen molar-refractivity contribution in [3.63, 3.8) is 0 Å². The predicted octanol–water partition coefficient (Wildman–Crippen LogP) is 3.36. The summed E-state index contributed by atoms with van der Waals surface area (Å²) in [6.07, 6.45) is 0.249. The van der Waals surface area contributed by atoms with E-state index in [1.54, 1.807) is 0 Å². The van der Waals surface area contributed by atoms with Gasteiger partial charge < -0.3 is 9.47 Å². The van der Waals surface area contributed by atoms with Gasteiger partial charge in [-0.2, -0.15) is 0 Å². The number of hydrogen-bond donors (Lipinski definition) is 0. The highest BCUT2D eigenvalue weighted by molar-refractivity contribution is 9.10. The molecule has 0 radical (unpaired) electrons. The first kappa shape index (κ1) is 12.7. The van der Waals surface area contributed by atoms with E-state index in [0.29, 0.717) is 5.75 Å². The summed E-state index contributed by atoms with van der Waals surface area (Å²) < 4.78 is 44.7. The number of ether oxygens (including phenoxy) is 2. The lowest BCUT2D eigenvalue weighted by molar-refractivity contribution is -0.274. The van der Waals surface area contributed by atoms with Gasteiger partial charge in [0.2, 0.25) is 0 Å². The molecule has 86 valence electrons. The molecule has 0 aliphatic heterocycles. The van der Waals surface area contributed by atoms with Gasteiger partial charge in [-0.05, 0) is 34.1 Å². The van der Waals surface area contributed by atoms with Gasteiger partial charge in [-0.3, -0.25) is 0 Å². The Morgan fingerprint density at radius 1 is 1.38 bits per heavy atom. The summed E-state index contributed by atoms with van der Waals surface area (Å²) in [5.74, 6) is 2.27. The highest BCUT2D eigenvalue weighted by Crippen LogP contribution is 2.33. The molecule has 0 bridgehead atoms. The Morgan fingerprint density at radius 3 is 2.56 bits per heavy atom. The van der Waals surface area contributed by atoms with E-state index in [1.807, 2.05) is 0 Å². The maximum absolute atomic E-state index is 11.9. The van der Waals surface area contributed by atoms with Crippen LogP contribution < -0.4 is 9.47 Å². The molecule has 0 unspecified atom stereocenters. The molecule has 0 heterocycles. The van der Waals surface area contributed by atoms with Crippen LogP contribution in [0.1, 0.15) is 0 Å². The fourth-order valence-electron chi connectivity index (χ4n) is 0.904. The molecule has 16 heavy (non-hydrogen) atoms. The van der Waals surface area contributed by atoms with E-state index in [9.17, 15) is 13.2 Å². The van der Waals surface area contributed by atoms with Gasteiger partial charge in [0.25, 0.3) is 0 Å². The highest BCUT2D eigenvalue weighted by Gasteiger charge is 2.31. The summed E-state index contributed by atoms with van der Waals surface area (Å²) in [6.45, 7) is 0.0475. The SMILES string of the molecule is C#CCOc1ccc(OC(F)(F)F)c(Br)c1. The Balaban J connectivity index is 2.80. The van der Waals surface area contributed by atoms with Crippen LogP contribution >= 0.6 is 15.9 Å². The zero-order chi connectivity index (χ0) is 12.2. The molecule has 0 N–H and O–H groups in total. The molecule has 0 fully saturated rings. The number of benzene rings is 1. The normalized spacial score (nSPS) is 10.7. The molecule has 0 aliphatic carbocycles. The van der Waals surface area contributed by atoms with Crippen molar-refractivity contribution in [3.8, 4) is 23.8 Å². The minimum atomic E-state index is -4.72. The van der Waals surface area contributed by atoms with Crippen LogP contribution in [0.3, 0.4) is 0 Å². The van der Waals surface area contributed by atoms with Gasteiger partial charge in [0.05, 0.1) is 4.47 Å². The largest absolute Gasteiger partial charge is 0.573 e. The molecule has 0 amide bonds. The molecule has 0 aliphatic rings. The molecule has 6 heteroatoms. The van der Waals surface area contributed by atoms with Gasteiger partial charge in [0, 0.05) is 0 Å². The first-order chi connectivity index (χ1) is 7.42. The Kier molecular flexibility index (Phi) is 4.07. The third kappa shape index (κ3) is 4.03. The second-order valence-electron chi connectivity index (χ2n) is 2.63. The third-order valence-corrected chi connectivity index (χ3v) is 2.07.